The summed E-state index contributed by atoms with van der Waals surface area (Å²) in [7, 11) is 0. The van der Waals surface area contributed by atoms with Gasteiger partial charge in [-0.3, -0.25) is 0 Å². The van der Waals surface area contributed by atoms with Crippen LogP contribution in [-0.2, 0) is 0 Å². The van der Waals surface area contributed by atoms with E-state index in [1.165, 1.54) is 38.8 Å². The minimum atomic E-state index is 0.762. The molecular formula is C16H23N3. The lowest BCUT2D eigenvalue weighted by Gasteiger charge is -2.20. The maximum absolute atomic E-state index is 8.91. The van der Waals surface area contributed by atoms with Crippen molar-refractivity contribution in [2.75, 3.05) is 31.5 Å². The molecule has 2 rings (SSSR count). The van der Waals surface area contributed by atoms with E-state index in [4.69, 9.17) is 5.26 Å². The molecule has 1 aliphatic heterocycles. The second-order valence-corrected chi connectivity index (χ2v) is 5.32. The Morgan fingerprint density at radius 1 is 1.21 bits per heavy atom. The van der Waals surface area contributed by atoms with E-state index in [0.29, 0.717) is 0 Å². The zero-order valence-corrected chi connectivity index (χ0v) is 11.8. The maximum atomic E-state index is 8.91. The van der Waals surface area contributed by atoms with E-state index in [1.807, 2.05) is 19.1 Å². The number of likely N-dealkylation sites (tertiary alicyclic amines) is 1. The SMILES string of the molecule is Cc1cc(NCCN2CCCCCC2)ccc1C#N. The minimum absolute atomic E-state index is 0.762. The molecule has 1 aromatic carbocycles. The summed E-state index contributed by atoms with van der Waals surface area (Å²) in [4.78, 5) is 2.55. The molecule has 1 fully saturated rings. The van der Waals surface area contributed by atoms with E-state index in [0.717, 1.165) is 29.9 Å². The quantitative estimate of drug-likeness (QED) is 0.900. The summed E-state index contributed by atoms with van der Waals surface area (Å²) in [6.07, 6.45) is 5.46. The van der Waals surface area contributed by atoms with Crippen LogP contribution in [0.5, 0.6) is 0 Å². The van der Waals surface area contributed by atoms with Crippen LogP contribution in [0.1, 0.15) is 36.8 Å². The summed E-state index contributed by atoms with van der Waals surface area (Å²) in [5, 5.41) is 12.4. The molecule has 0 amide bonds. The normalized spacial score (nSPS) is 16.6. The van der Waals surface area contributed by atoms with Gasteiger partial charge in [0.15, 0.2) is 0 Å². The van der Waals surface area contributed by atoms with E-state index in [-0.39, 0.29) is 0 Å². The van der Waals surface area contributed by atoms with Crippen LogP contribution in [0, 0.1) is 18.3 Å². The van der Waals surface area contributed by atoms with Crippen molar-refractivity contribution in [2.45, 2.75) is 32.6 Å². The maximum Gasteiger partial charge on any atom is 0.0994 e. The van der Waals surface area contributed by atoms with E-state index < -0.39 is 0 Å². The van der Waals surface area contributed by atoms with Crippen LogP contribution in [0.4, 0.5) is 5.69 Å². The molecule has 0 bridgehead atoms. The van der Waals surface area contributed by atoms with Gasteiger partial charge in [-0.25, -0.2) is 0 Å². The first-order valence-electron chi connectivity index (χ1n) is 7.26. The predicted octanol–water partition coefficient (Wildman–Crippen LogP) is 3.15. The van der Waals surface area contributed by atoms with Crippen LogP contribution in [0.15, 0.2) is 18.2 Å². The molecule has 1 aromatic rings. The molecule has 3 nitrogen and oxygen atoms in total. The molecule has 1 N–H and O–H groups in total. The smallest absolute Gasteiger partial charge is 0.0994 e. The number of nitrogens with zero attached hydrogens (tertiary/aromatic N) is 2. The number of rotatable bonds is 4. The fourth-order valence-electron chi connectivity index (χ4n) is 2.62. The third-order valence-corrected chi connectivity index (χ3v) is 3.80. The summed E-state index contributed by atoms with van der Waals surface area (Å²) in [5.41, 5.74) is 2.92. The van der Waals surface area contributed by atoms with Crippen molar-refractivity contribution in [1.82, 2.24) is 4.90 Å². The summed E-state index contributed by atoms with van der Waals surface area (Å²) < 4.78 is 0. The first-order valence-corrected chi connectivity index (χ1v) is 7.26. The van der Waals surface area contributed by atoms with Gasteiger partial charge in [-0.15, -0.1) is 0 Å². The highest BCUT2D eigenvalue weighted by molar-refractivity contribution is 5.51. The topological polar surface area (TPSA) is 39.1 Å². The van der Waals surface area contributed by atoms with Crippen molar-refractivity contribution in [3.63, 3.8) is 0 Å². The molecular weight excluding hydrogens is 234 g/mol. The van der Waals surface area contributed by atoms with Gasteiger partial charge in [-0.2, -0.15) is 5.26 Å². The van der Waals surface area contributed by atoms with Gasteiger partial charge < -0.3 is 10.2 Å². The third kappa shape index (κ3) is 4.25. The zero-order valence-electron chi connectivity index (χ0n) is 11.8. The van der Waals surface area contributed by atoms with Gasteiger partial charge >= 0.3 is 0 Å². The van der Waals surface area contributed by atoms with Crippen molar-refractivity contribution in [1.29, 1.82) is 5.26 Å². The highest BCUT2D eigenvalue weighted by Crippen LogP contribution is 2.14. The molecule has 1 saturated heterocycles. The second-order valence-electron chi connectivity index (χ2n) is 5.32. The number of aryl methyl sites for hydroxylation is 1. The average molecular weight is 257 g/mol. The Hall–Kier alpha value is -1.53. The number of hydrogen-bond donors (Lipinski definition) is 1. The van der Waals surface area contributed by atoms with E-state index >= 15 is 0 Å². The number of hydrogen-bond acceptors (Lipinski definition) is 3. The average Bonchev–Trinajstić information content (AvgIpc) is 2.68. The van der Waals surface area contributed by atoms with Gasteiger partial charge in [0.2, 0.25) is 0 Å². The van der Waals surface area contributed by atoms with E-state index in [9.17, 15) is 0 Å². The van der Waals surface area contributed by atoms with E-state index in [2.05, 4.69) is 22.4 Å². The van der Waals surface area contributed by atoms with Crippen molar-refractivity contribution in [3.05, 3.63) is 29.3 Å². The molecule has 0 unspecified atom stereocenters. The molecule has 0 radical (unpaired) electrons. The van der Waals surface area contributed by atoms with Crippen LogP contribution >= 0.6 is 0 Å². The molecule has 0 aliphatic carbocycles. The fraction of sp³-hybridized carbons (Fsp3) is 0.562. The molecule has 0 saturated carbocycles. The Bertz CT molecular complexity index is 440. The molecule has 1 heterocycles. The summed E-state index contributed by atoms with van der Waals surface area (Å²) >= 11 is 0. The van der Waals surface area contributed by atoms with Gasteiger partial charge in [0, 0.05) is 18.8 Å². The molecule has 0 atom stereocenters. The van der Waals surface area contributed by atoms with Gasteiger partial charge in [-0.05, 0) is 56.6 Å². The van der Waals surface area contributed by atoms with Gasteiger partial charge in [0.25, 0.3) is 0 Å². The van der Waals surface area contributed by atoms with Gasteiger partial charge in [-0.1, -0.05) is 12.8 Å². The lowest BCUT2D eigenvalue weighted by Crippen LogP contribution is -2.29. The number of benzene rings is 1. The number of nitriles is 1. The first kappa shape index (κ1) is 13.9. The van der Waals surface area contributed by atoms with Crippen LogP contribution < -0.4 is 5.32 Å². The van der Waals surface area contributed by atoms with Crippen LogP contribution in [0.25, 0.3) is 0 Å². The van der Waals surface area contributed by atoms with Crippen molar-refractivity contribution < 1.29 is 0 Å². The van der Waals surface area contributed by atoms with Gasteiger partial charge in [0.05, 0.1) is 11.6 Å². The Labute approximate surface area is 116 Å². The fourth-order valence-corrected chi connectivity index (χ4v) is 2.62. The van der Waals surface area contributed by atoms with Gasteiger partial charge in [0.1, 0.15) is 0 Å². The molecule has 1 aliphatic rings. The predicted molar refractivity (Wildman–Crippen MR) is 79.3 cm³/mol. The molecule has 102 valence electrons. The van der Waals surface area contributed by atoms with Crippen molar-refractivity contribution >= 4 is 5.69 Å². The van der Waals surface area contributed by atoms with Crippen LogP contribution in [-0.4, -0.2) is 31.1 Å². The Morgan fingerprint density at radius 3 is 2.58 bits per heavy atom. The highest BCUT2D eigenvalue weighted by atomic mass is 15.1. The molecule has 0 aromatic heterocycles. The lowest BCUT2D eigenvalue weighted by molar-refractivity contribution is 0.296. The largest absolute Gasteiger partial charge is 0.384 e. The van der Waals surface area contributed by atoms with E-state index in [1.54, 1.807) is 0 Å². The van der Waals surface area contributed by atoms with Crippen LogP contribution in [0.3, 0.4) is 0 Å². The Balaban J connectivity index is 1.79. The third-order valence-electron chi connectivity index (χ3n) is 3.80. The Kier molecular flexibility index (Phi) is 5.23. The highest BCUT2D eigenvalue weighted by Gasteiger charge is 2.08. The number of nitrogens with one attached hydrogen (secondary N) is 1. The molecule has 3 heteroatoms. The minimum Gasteiger partial charge on any atom is -0.384 e. The van der Waals surface area contributed by atoms with Crippen molar-refractivity contribution in [2.24, 2.45) is 0 Å². The standard InChI is InChI=1S/C16H23N3/c1-14-12-16(7-6-15(14)13-17)18-8-11-19-9-4-2-3-5-10-19/h6-7,12,18H,2-5,8-11H2,1H3. The Morgan fingerprint density at radius 2 is 1.95 bits per heavy atom. The summed E-state index contributed by atoms with van der Waals surface area (Å²) in [6, 6.07) is 8.14. The summed E-state index contributed by atoms with van der Waals surface area (Å²) in [5.74, 6) is 0. The number of anilines is 1. The second kappa shape index (κ2) is 7.16. The lowest BCUT2D eigenvalue weighted by atomic mass is 10.1. The molecule has 0 spiro atoms. The molecule has 19 heavy (non-hydrogen) atoms. The monoisotopic (exact) mass is 257 g/mol. The summed E-state index contributed by atoms with van der Waals surface area (Å²) in [6.45, 7) is 6.56. The van der Waals surface area contributed by atoms with Crippen LogP contribution in [0.2, 0.25) is 0 Å². The van der Waals surface area contributed by atoms with Crippen molar-refractivity contribution in [3.8, 4) is 6.07 Å². The zero-order chi connectivity index (χ0) is 13.5. The first-order chi connectivity index (χ1) is 9.29.